The van der Waals surface area contributed by atoms with Gasteiger partial charge < -0.3 is 0 Å². The van der Waals surface area contributed by atoms with E-state index < -0.39 is 0 Å². The molecule has 0 amide bonds. The summed E-state index contributed by atoms with van der Waals surface area (Å²) in [6.45, 7) is 6.54. The number of nitriles is 1. The normalized spacial score (nSPS) is 23.0. The van der Waals surface area contributed by atoms with Gasteiger partial charge in [0.1, 0.15) is 5.84 Å². The highest BCUT2D eigenvalue weighted by atomic mass is 35.5. The number of rotatable bonds is 3. The van der Waals surface area contributed by atoms with Crippen molar-refractivity contribution in [1.29, 1.82) is 5.26 Å². The highest BCUT2D eigenvalue weighted by Gasteiger charge is 2.52. The van der Waals surface area contributed by atoms with Crippen LogP contribution in [0.1, 0.15) is 38.7 Å². The van der Waals surface area contributed by atoms with E-state index in [4.69, 9.17) is 28.8 Å². The molecule has 2 saturated heterocycles. The van der Waals surface area contributed by atoms with Crippen LogP contribution >= 0.6 is 23.8 Å². The first-order chi connectivity index (χ1) is 14.4. The number of piperidine rings is 1. The quantitative estimate of drug-likeness (QED) is 0.556. The largest absolute Gasteiger partial charge is 0.293 e. The van der Waals surface area contributed by atoms with E-state index in [2.05, 4.69) is 29.7 Å². The lowest BCUT2D eigenvalue weighted by Gasteiger charge is -2.38. The molecule has 2 aliphatic rings. The molecular weight excluding hydrogens is 412 g/mol. The molecule has 0 aromatic heterocycles. The van der Waals surface area contributed by atoms with E-state index in [0.29, 0.717) is 10.6 Å². The molecule has 4 rings (SSSR count). The molecule has 0 N–H and O–H groups in total. The topological polar surface area (TPSA) is 42.6 Å². The first-order valence-corrected chi connectivity index (χ1v) is 11.1. The van der Waals surface area contributed by atoms with E-state index in [0.717, 1.165) is 35.3 Å². The third-order valence-electron chi connectivity index (χ3n) is 5.99. The summed E-state index contributed by atoms with van der Waals surface area (Å²) in [5.74, 6) is 0.943. The predicted octanol–water partition coefficient (Wildman–Crippen LogP) is 5.97. The van der Waals surface area contributed by atoms with Gasteiger partial charge >= 0.3 is 0 Å². The number of aliphatic imine (C=N–C) groups is 1. The van der Waals surface area contributed by atoms with Crippen molar-refractivity contribution in [1.82, 2.24) is 4.90 Å². The first kappa shape index (κ1) is 21.0. The Labute approximate surface area is 188 Å². The molecule has 4 nitrogen and oxygen atoms in total. The monoisotopic (exact) mass is 436 g/mol. The lowest BCUT2D eigenvalue weighted by atomic mass is 9.85. The van der Waals surface area contributed by atoms with Crippen molar-refractivity contribution < 1.29 is 0 Å². The lowest BCUT2D eigenvalue weighted by Crippen LogP contribution is -2.49. The maximum absolute atomic E-state index is 9.18. The van der Waals surface area contributed by atoms with E-state index >= 15 is 0 Å². The number of nitrogens with zero attached hydrogens (tertiary/aromatic N) is 4. The first-order valence-electron chi connectivity index (χ1n) is 10.3. The van der Waals surface area contributed by atoms with Gasteiger partial charge in [-0.05, 0) is 74.5 Å². The molecule has 0 unspecified atom stereocenters. The van der Waals surface area contributed by atoms with Gasteiger partial charge in [0.05, 0.1) is 28.4 Å². The van der Waals surface area contributed by atoms with Crippen LogP contribution in [0.3, 0.4) is 0 Å². The fraction of sp³-hybridized carbons (Fsp3) is 0.375. The maximum Gasteiger partial charge on any atom is 0.133 e. The van der Waals surface area contributed by atoms with Crippen molar-refractivity contribution in [2.24, 2.45) is 10.4 Å². The van der Waals surface area contributed by atoms with Crippen LogP contribution in [0.25, 0.3) is 0 Å². The van der Waals surface area contributed by atoms with Crippen molar-refractivity contribution in [3.8, 4) is 6.07 Å². The third-order valence-corrected chi connectivity index (χ3v) is 6.95. The van der Waals surface area contributed by atoms with Crippen LogP contribution in [0.2, 0.25) is 5.02 Å². The minimum atomic E-state index is -0.244. The molecule has 2 heterocycles. The summed E-state index contributed by atoms with van der Waals surface area (Å²) < 4.78 is 0. The summed E-state index contributed by atoms with van der Waals surface area (Å²) in [4.78, 5) is 10.6. The van der Waals surface area contributed by atoms with Crippen LogP contribution in [-0.4, -0.2) is 34.9 Å². The minimum absolute atomic E-state index is 0.0941. The summed E-state index contributed by atoms with van der Waals surface area (Å²) in [6.07, 6.45) is 3.67. The van der Waals surface area contributed by atoms with E-state index in [-0.39, 0.29) is 11.5 Å². The Morgan fingerprint density at radius 2 is 1.67 bits per heavy atom. The number of halogens is 1. The predicted molar refractivity (Wildman–Crippen MR) is 128 cm³/mol. The van der Waals surface area contributed by atoms with Gasteiger partial charge in [-0.1, -0.05) is 44.1 Å². The molecule has 1 atom stereocenters. The van der Waals surface area contributed by atoms with Crippen molar-refractivity contribution in [3.63, 3.8) is 0 Å². The van der Waals surface area contributed by atoms with Crippen LogP contribution in [-0.2, 0) is 0 Å². The van der Waals surface area contributed by atoms with Crippen LogP contribution in [0.5, 0.6) is 0 Å². The van der Waals surface area contributed by atoms with Gasteiger partial charge in [0, 0.05) is 16.1 Å². The molecule has 6 heteroatoms. The van der Waals surface area contributed by atoms with E-state index in [1.54, 1.807) is 0 Å². The summed E-state index contributed by atoms with van der Waals surface area (Å²) in [5.41, 5.74) is 2.19. The average molecular weight is 437 g/mol. The highest BCUT2D eigenvalue weighted by Crippen LogP contribution is 2.42. The van der Waals surface area contributed by atoms with E-state index in [1.165, 1.54) is 19.3 Å². The van der Waals surface area contributed by atoms with Crippen LogP contribution in [0, 0.1) is 16.7 Å². The zero-order chi connectivity index (χ0) is 21.3. The fourth-order valence-electron chi connectivity index (χ4n) is 4.44. The Morgan fingerprint density at radius 3 is 2.27 bits per heavy atom. The SMILES string of the molecule is CC1(C)C(=S)N(c2ccc(C#N)cc2)C(=Nc2ccc(Cl)cc2)[C@H]1N1CCCCC1. The Bertz CT molecular complexity index is 999. The van der Waals surface area contributed by atoms with Gasteiger partial charge in [-0.25, -0.2) is 4.99 Å². The smallest absolute Gasteiger partial charge is 0.133 e. The van der Waals surface area contributed by atoms with Crippen LogP contribution < -0.4 is 4.90 Å². The van der Waals surface area contributed by atoms with E-state index in [9.17, 15) is 5.26 Å². The zero-order valence-electron chi connectivity index (χ0n) is 17.3. The Morgan fingerprint density at radius 1 is 1.03 bits per heavy atom. The number of hydrogen-bond donors (Lipinski definition) is 0. The molecule has 0 radical (unpaired) electrons. The van der Waals surface area contributed by atoms with E-state index in [1.807, 2.05) is 48.5 Å². The van der Waals surface area contributed by atoms with Crippen molar-refractivity contribution >= 4 is 46.0 Å². The lowest BCUT2D eigenvalue weighted by molar-refractivity contribution is 0.155. The number of amidine groups is 1. The summed E-state index contributed by atoms with van der Waals surface area (Å²) in [7, 11) is 0. The molecule has 0 spiro atoms. The van der Waals surface area contributed by atoms with Crippen molar-refractivity contribution in [2.45, 2.75) is 39.2 Å². The van der Waals surface area contributed by atoms with Gasteiger partial charge in [-0.3, -0.25) is 9.80 Å². The molecule has 0 aliphatic carbocycles. The fourth-order valence-corrected chi connectivity index (χ4v) is 4.88. The second kappa shape index (κ2) is 8.47. The minimum Gasteiger partial charge on any atom is -0.293 e. The maximum atomic E-state index is 9.18. The molecular formula is C24H25ClN4S. The molecule has 0 bridgehead atoms. The van der Waals surface area contributed by atoms with Gasteiger partial charge in [0.2, 0.25) is 0 Å². The molecule has 154 valence electrons. The summed E-state index contributed by atoms with van der Waals surface area (Å²) >= 11 is 12.1. The highest BCUT2D eigenvalue weighted by molar-refractivity contribution is 7.80. The van der Waals surface area contributed by atoms with Crippen LogP contribution in [0.15, 0.2) is 53.5 Å². The summed E-state index contributed by atoms with van der Waals surface area (Å²) in [6, 6.07) is 17.5. The number of anilines is 1. The Hall–Kier alpha value is -2.26. The molecule has 2 aromatic carbocycles. The van der Waals surface area contributed by atoms with Crippen molar-refractivity contribution in [2.75, 3.05) is 18.0 Å². The van der Waals surface area contributed by atoms with Gasteiger partial charge in [-0.15, -0.1) is 0 Å². The van der Waals surface area contributed by atoms with Crippen LogP contribution in [0.4, 0.5) is 11.4 Å². The molecule has 2 fully saturated rings. The van der Waals surface area contributed by atoms with Crippen molar-refractivity contribution in [3.05, 3.63) is 59.1 Å². The molecule has 2 aliphatic heterocycles. The Kier molecular flexibility index (Phi) is 5.92. The second-order valence-electron chi connectivity index (χ2n) is 8.47. The second-order valence-corrected chi connectivity index (χ2v) is 9.29. The van der Waals surface area contributed by atoms with Gasteiger partial charge in [0.15, 0.2) is 0 Å². The summed E-state index contributed by atoms with van der Waals surface area (Å²) in [5, 5.41) is 9.87. The van der Waals surface area contributed by atoms with Gasteiger partial charge in [0.25, 0.3) is 0 Å². The van der Waals surface area contributed by atoms with Gasteiger partial charge in [-0.2, -0.15) is 5.26 Å². The standard InChI is InChI=1S/C24H25ClN4S/c1-24(2)21(28-14-4-3-5-15-28)22(27-19-10-8-18(25)9-11-19)29(23(24)30)20-12-6-17(16-26)7-13-20/h6-13,21H,3-5,14-15H2,1-2H3/t21-/m1/s1. The number of hydrogen-bond acceptors (Lipinski definition) is 4. The number of thiocarbonyl (C=S) groups is 1. The molecule has 2 aromatic rings. The molecule has 0 saturated carbocycles. The number of likely N-dealkylation sites (tertiary alicyclic amines) is 1. The zero-order valence-corrected chi connectivity index (χ0v) is 18.9. The molecule has 30 heavy (non-hydrogen) atoms. The Balaban J connectivity index is 1.84. The number of benzene rings is 2. The third kappa shape index (κ3) is 3.88. The average Bonchev–Trinajstić information content (AvgIpc) is 2.95.